The smallest absolute Gasteiger partial charge is 0.264 e. The minimum absolute atomic E-state index is 0.167. The molecule has 1 heterocycles. The first kappa shape index (κ1) is 22.7. The number of amides is 1. The molecule has 0 atom stereocenters. The van der Waals surface area contributed by atoms with E-state index in [0.29, 0.717) is 28.2 Å². The van der Waals surface area contributed by atoms with E-state index in [-0.39, 0.29) is 5.91 Å². The van der Waals surface area contributed by atoms with E-state index in [0.717, 1.165) is 11.3 Å². The van der Waals surface area contributed by atoms with Crippen LogP contribution in [0.25, 0.3) is 6.08 Å². The lowest BCUT2D eigenvalue weighted by Crippen LogP contribution is -2.19. The molecule has 1 aliphatic rings. The van der Waals surface area contributed by atoms with Gasteiger partial charge >= 0.3 is 0 Å². The van der Waals surface area contributed by atoms with Crippen molar-refractivity contribution < 1.29 is 14.3 Å². The van der Waals surface area contributed by atoms with E-state index in [1.165, 1.54) is 34.0 Å². The van der Waals surface area contributed by atoms with Gasteiger partial charge in [0.05, 0.1) is 17.7 Å². The molecule has 1 amide bonds. The fraction of sp³-hybridized carbons (Fsp3) is 0.185. The molecule has 33 heavy (non-hydrogen) atoms. The number of nitrogens with one attached hydrogen (secondary N) is 1. The topological polar surface area (TPSA) is 59.9 Å². The first-order chi connectivity index (χ1) is 15.9. The Morgan fingerprint density at radius 1 is 0.970 bits per heavy atom. The van der Waals surface area contributed by atoms with Crippen LogP contribution in [0.5, 0.6) is 11.5 Å². The van der Waals surface area contributed by atoms with E-state index < -0.39 is 0 Å². The van der Waals surface area contributed by atoms with Crippen LogP contribution in [0.1, 0.15) is 27.8 Å². The molecule has 3 aromatic rings. The second-order valence-electron chi connectivity index (χ2n) is 7.89. The fourth-order valence-corrected chi connectivity index (χ4v) is 4.57. The second-order valence-corrected chi connectivity index (χ2v) is 8.92. The zero-order valence-electron chi connectivity index (χ0n) is 19.1. The monoisotopic (exact) mass is 458 g/mol. The molecule has 168 valence electrons. The Hall–Kier alpha value is -3.51. The van der Waals surface area contributed by atoms with Crippen LogP contribution in [-0.2, 0) is 11.4 Å². The molecule has 0 aromatic heterocycles. The van der Waals surface area contributed by atoms with Gasteiger partial charge in [0, 0.05) is 0 Å². The molecule has 0 aliphatic carbocycles. The van der Waals surface area contributed by atoms with Crippen molar-refractivity contribution in [3.8, 4) is 11.5 Å². The predicted octanol–water partition coefficient (Wildman–Crippen LogP) is 6.09. The molecule has 3 aromatic carbocycles. The van der Waals surface area contributed by atoms with Gasteiger partial charge in [-0.1, -0.05) is 42.0 Å². The Morgan fingerprint density at radius 2 is 1.70 bits per heavy atom. The molecule has 0 bridgehead atoms. The number of methoxy groups -OCH3 is 1. The highest BCUT2D eigenvalue weighted by Crippen LogP contribution is 2.33. The average Bonchev–Trinajstić information content (AvgIpc) is 3.12. The lowest BCUT2D eigenvalue weighted by molar-refractivity contribution is -0.115. The second kappa shape index (κ2) is 9.96. The van der Waals surface area contributed by atoms with Crippen LogP contribution >= 0.6 is 11.8 Å². The number of hydrogen-bond donors (Lipinski definition) is 1. The molecule has 1 fully saturated rings. The maximum Gasteiger partial charge on any atom is 0.264 e. The number of ether oxygens (including phenoxy) is 2. The van der Waals surface area contributed by atoms with Crippen LogP contribution in [0.3, 0.4) is 0 Å². The number of thioether (sulfide) groups is 1. The van der Waals surface area contributed by atoms with E-state index in [2.05, 4.69) is 43.2 Å². The van der Waals surface area contributed by atoms with E-state index >= 15 is 0 Å². The molecular formula is C27H26N2O3S. The normalized spacial score (nSPS) is 15.7. The van der Waals surface area contributed by atoms with Crippen molar-refractivity contribution in [1.29, 1.82) is 0 Å². The van der Waals surface area contributed by atoms with Gasteiger partial charge in [0.25, 0.3) is 5.91 Å². The van der Waals surface area contributed by atoms with Crippen molar-refractivity contribution in [3.63, 3.8) is 0 Å². The Labute approximate surface area is 198 Å². The van der Waals surface area contributed by atoms with Crippen molar-refractivity contribution in [3.05, 3.63) is 93.4 Å². The zero-order valence-corrected chi connectivity index (χ0v) is 20.0. The SMILES string of the molecule is COc1cc(/C=C2\SC(=Nc3ccccc3)NC2=O)ccc1OCc1c(C)cc(C)cc1C. The van der Waals surface area contributed by atoms with Crippen LogP contribution in [0.2, 0.25) is 0 Å². The average molecular weight is 459 g/mol. The fourth-order valence-electron chi connectivity index (χ4n) is 3.73. The molecular weight excluding hydrogens is 432 g/mol. The van der Waals surface area contributed by atoms with Gasteiger partial charge in [-0.05, 0) is 85.1 Å². The van der Waals surface area contributed by atoms with E-state index in [9.17, 15) is 4.79 Å². The summed E-state index contributed by atoms with van der Waals surface area (Å²) >= 11 is 1.32. The summed E-state index contributed by atoms with van der Waals surface area (Å²) < 4.78 is 11.7. The van der Waals surface area contributed by atoms with Gasteiger partial charge < -0.3 is 14.8 Å². The lowest BCUT2D eigenvalue weighted by Gasteiger charge is -2.15. The van der Waals surface area contributed by atoms with Crippen LogP contribution in [-0.4, -0.2) is 18.2 Å². The molecule has 0 spiro atoms. The third kappa shape index (κ3) is 5.46. The number of hydrogen-bond acceptors (Lipinski definition) is 5. The maximum absolute atomic E-state index is 12.4. The summed E-state index contributed by atoms with van der Waals surface area (Å²) in [6.45, 7) is 6.77. The van der Waals surface area contributed by atoms with Gasteiger partial charge in [0.15, 0.2) is 16.7 Å². The highest BCUT2D eigenvalue weighted by Gasteiger charge is 2.24. The molecule has 0 radical (unpaired) electrons. The van der Waals surface area contributed by atoms with Crippen molar-refractivity contribution in [1.82, 2.24) is 5.32 Å². The lowest BCUT2D eigenvalue weighted by atomic mass is 10.0. The number of nitrogens with zero attached hydrogens (tertiary/aromatic N) is 1. The molecule has 6 heteroatoms. The van der Waals surface area contributed by atoms with Gasteiger partial charge in [-0.25, -0.2) is 4.99 Å². The summed E-state index contributed by atoms with van der Waals surface area (Å²) in [4.78, 5) is 17.5. The van der Waals surface area contributed by atoms with Gasteiger partial charge in [-0.3, -0.25) is 4.79 Å². The summed E-state index contributed by atoms with van der Waals surface area (Å²) in [6.07, 6.45) is 1.83. The van der Waals surface area contributed by atoms with Crippen molar-refractivity contribution in [2.45, 2.75) is 27.4 Å². The maximum atomic E-state index is 12.4. The number of rotatable bonds is 6. The number of carbonyl (C=O) groups is 1. The summed E-state index contributed by atoms with van der Waals surface area (Å²) in [6, 6.07) is 19.5. The van der Waals surface area contributed by atoms with Gasteiger partial charge in [0.2, 0.25) is 0 Å². The number of benzene rings is 3. The third-order valence-corrected chi connectivity index (χ3v) is 6.25. The molecule has 1 aliphatic heterocycles. The first-order valence-electron chi connectivity index (χ1n) is 10.6. The Morgan fingerprint density at radius 3 is 2.39 bits per heavy atom. The van der Waals surface area contributed by atoms with Crippen LogP contribution < -0.4 is 14.8 Å². The number of carbonyl (C=O) groups excluding carboxylic acids is 1. The number of aliphatic imine (C=N–C) groups is 1. The molecule has 4 rings (SSSR count). The molecule has 0 unspecified atom stereocenters. The van der Waals surface area contributed by atoms with Gasteiger partial charge in [-0.2, -0.15) is 0 Å². The summed E-state index contributed by atoms with van der Waals surface area (Å²) in [5.74, 6) is 1.11. The molecule has 0 saturated carbocycles. The highest BCUT2D eigenvalue weighted by molar-refractivity contribution is 8.18. The Bertz CT molecular complexity index is 1230. The van der Waals surface area contributed by atoms with Crippen molar-refractivity contribution in [2.24, 2.45) is 4.99 Å². The zero-order chi connectivity index (χ0) is 23.4. The minimum Gasteiger partial charge on any atom is -0.493 e. The first-order valence-corrected chi connectivity index (χ1v) is 11.5. The molecule has 5 nitrogen and oxygen atoms in total. The van der Waals surface area contributed by atoms with Crippen molar-refractivity contribution >= 4 is 34.6 Å². The summed E-state index contributed by atoms with van der Waals surface area (Å²) in [7, 11) is 1.61. The van der Waals surface area contributed by atoms with Crippen LogP contribution in [0.4, 0.5) is 5.69 Å². The Kier molecular flexibility index (Phi) is 6.84. The van der Waals surface area contributed by atoms with Crippen LogP contribution in [0.15, 0.2) is 70.6 Å². The largest absolute Gasteiger partial charge is 0.493 e. The number of amidine groups is 1. The quantitative estimate of drug-likeness (QED) is 0.454. The standard InChI is InChI=1S/C27H26N2O3S/c1-17-12-18(2)22(19(3)13-17)16-32-23-11-10-20(14-24(23)31-4)15-25-26(30)29-27(33-25)28-21-8-6-5-7-9-21/h5-15H,16H2,1-4H3,(H,28,29,30)/b25-15-. The number of para-hydroxylation sites is 1. The number of aryl methyl sites for hydroxylation is 3. The third-order valence-electron chi connectivity index (χ3n) is 5.34. The van der Waals surface area contributed by atoms with E-state index in [4.69, 9.17) is 9.47 Å². The summed E-state index contributed by atoms with van der Waals surface area (Å²) in [5, 5.41) is 3.38. The van der Waals surface area contributed by atoms with E-state index in [1.54, 1.807) is 7.11 Å². The minimum atomic E-state index is -0.167. The Balaban J connectivity index is 1.50. The predicted molar refractivity (Wildman–Crippen MR) is 135 cm³/mol. The molecule has 1 N–H and O–H groups in total. The van der Waals surface area contributed by atoms with Crippen LogP contribution in [0, 0.1) is 20.8 Å². The van der Waals surface area contributed by atoms with E-state index in [1.807, 2.05) is 54.6 Å². The summed E-state index contributed by atoms with van der Waals surface area (Å²) in [5.41, 5.74) is 6.49. The van der Waals surface area contributed by atoms with Crippen molar-refractivity contribution in [2.75, 3.05) is 7.11 Å². The van der Waals surface area contributed by atoms with Gasteiger partial charge in [-0.15, -0.1) is 0 Å². The highest BCUT2D eigenvalue weighted by atomic mass is 32.2. The van der Waals surface area contributed by atoms with Gasteiger partial charge in [0.1, 0.15) is 6.61 Å². The molecule has 1 saturated heterocycles.